The van der Waals surface area contributed by atoms with E-state index in [9.17, 15) is 8.42 Å². The Kier molecular flexibility index (Phi) is 5.04. The van der Waals surface area contributed by atoms with Crippen LogP contribution >= 0.6 is 0 Å². The van der Waals surface area contributed by atoms with Crippen LogP contribution in [0.4, 0.5) is 0 Å². The summed E-state index contributed by atoms with van der Waals surface area (Å²) in [6, 6.07) is 0. The predicted octanol–water partition coefficient (Wildman–Crippen LogP) is 1.44. The monoisotopic (exact) mass is 274 g/mol. The quantitative estimate of drug-likeness (QED) is 0.797. The first-order valence-electron chi connectivity index (χ1n) is 7.24. The van der Waals surface area contributed by atoms with Crippen LogP contribution in [0.2, 0.25) is 0 Å². The van der Waals surface area contributed by atoms with Gasteiger partial charge in [0.15, 0.2) is 0 Å². The summed E-state index contributed by atoms with van der Waals surface area (Å²) in [5.41, 5.74) is 0. The fraction of sp³-hybridized carbons (Fsp3) is 1.00. The van der Waals surface area contributed by atoms with Crippen molar-refractivity contribution in [2.75, 3.05) is 32.4 Å². The van der Waals surface area contributed by atoms with Gasteiger partial charge in [-0.1, -0.05) is 19.3 Å². The molecule has 1 saturated heterocycles. The zero-order valence-electron chi connectivity index (χ0n) is 11.4. The molecule has 1 aliphatic carbocycles. The zero-order valence-corrected chi connectivity index (χ0v) is 12.2. The minimum Gasteiger partial charge on any atom is -0.319 e. The van der Waals surface area contributed by atoms with Gasteiger partial charge in [-0.3, -0.25) is 0 Å². The van der Waals surface area contributed by atoms with Crippen molar-refractivity contribution in [3.8, 4) is 0 Å². The molecule has 0 aromatic heterocycles. The molecule has 0 aromatic carbocycles. The molecule has 5 heteroatoms. The summed E-state index contributed by atoms with van der Waals surface area (Å²) in [6.45, 7) is 2.37. The highest BCUT2D eigenvalue weighted by Gasteiger charge is 2.29. The third-order valence-corrected chi connectivity index (χ3v) is 6.25. The highest BCUT2D eigenvalue weighted by atomic mass is 32.2. The Morgan fingerprint density at radius 1 is 1.17 bits per heavy atom. The SMILES string of the molecule is CNCC1CCCN(S(=O)(=O)CCC2CCC2)C1. The molecule has 2 fully saturated rings. The second-order valence-electron chi connectivity index (χ2n) is 5.83. The zero-order chi connectivity index (χ0) is 13.0. The lowest BCUT2D eigenvalue weighted by molar-refractivity contribution is 0.260. The number of hydrogen-bond acceptors (Lipinski definition) is 3. The Morgan fingerprint density at radius 3 is 2.50 bits per heavy atom. The van der Waals surface area contributed by atoms with Crippen LogP contribution in [0.3, 0.4) is 0 Å². The molecule has 18 heavy (non-hydrogen) atoms. The van der Waals surface area contributed by atoms with Crippen LogP contribution < -0.4 is 5.32 Å². The molecule has 2 aliphatic rings. The van der Waals surface area contributed by atoms with Crippen LogP contribution in [0.1, 0.15) is 38.5 Å². The number of rotatable bonds is 6. The van der Waals surface area contributed by atoms with Gasteiger partial charge in [-0.05, 0) is 44.7 Å². The Morgan fingerprint density at radius 2 is 1.89 bits per heavy atom. The second kappa shape index (κ2) is 6.35. The molecular formula is C13H26N2O2S. The third kappa shape index (κ3) is 3.68. The number of sulfonamides is 1. The Hall–Kier alpha value is -0.130. The summed E-state index contributed by atoms with van der Waals surface area (Å²) in [7, 11) is -1.07. The third-order valence-electron chi connectivity index (χ3n) is 4.38. The molecule has 1 aliphatic heterocycles. The van der Waals surface area contributed by atoms with Gasteiger partial charge in [0.05, 0.1) is 5.75 Å². The Balaban J connectivity index is 1.83. The second-order valence-corrected chi connectivity index (χ2v) is 7.91. The molecule has 0 radical (unpaired) electrons. The van der Waals surface area contributed by atoms with E-state index in [0.717, 1.165) is 32.4 Å². The molecule has 4 nitrogen and oxygen atoms in total. The maximum atomic E-state index is 12.3. The van der Waals surface area contributed by atoms with Gasteiger partial charge in [-0.25, -0.2) is 12.7 Å². The number of piperidine rings is 1. The van der Waals surface area contributed by atoms with Crippen molar-refractivity contribution >= 4 is 10.0 Å². The molecular weight excluding hydrogens is 248 g/mol. The van der Waals surface area contributed by atoms with E-state index >= 15 is 0 Å². The van der Waals surface area contributed by atoms with Gasteiger partial charge in [0.1, 0.15) is 0 Å². The lowest BCUT2D eigenvalue weighted by Gasteiger charge is -2.33. The van der Waals surface area contributed by atoms with Crippen LogP contribution in [0.15, 0.2) is 0 Å². The summed E-state index contributed by atoms with van der Waals surface area (Å²) >= 11 is 0. The maximum Gasteiger partial charge on any atom is 0.214 e. The Labute approximate surface area is 111 Å². The smallest absolute Gasteiger partial charge is 0.214 e. The normalized spacial score (nSPS) is 27.1. The number of hydrogen-bond donors (Lipinski definition) is 1. The van der Waals surface area contributed by atoms with E-state index in [1.165, 1.54) is 19.3 Å². The van der Waals surface area contributed by atoms with Crippen molar-refractivity contribution in [2.24, 2.45) is 11.8 Å². The molecule has 0 amide bonds. The van der Waals surface area contributed by atoms with Crippen molar-refractivity contribution in [2.45, 2.75) is 38.5 Å². The molecule has 1 heterocycles. The molecule has 106 valence electrons. The van der Waals surface area contributed by atoms with Crippen molar-refractivity contribution < 1.29 is 8.42 Å². The van der Waals surface area contributed by atoms with E-state index in [0.29, 0.717) is 24.1 Å². The van der Waals surface area contributed by atoms with Crippen molar-refractivity contribution in [1.29, 1.82) is 0 Å². The topological polar surface area (TPSA) is 49.4 Å². The standard InChI is InChI=1S/C13H26N2O2S/c1-14-10-13-6-3-8-15(11-13)18(16,17)9-7-12-4-2-5-12/h12-14H,2-11H2,1H3. The highest BCUT2D eigenvalue weighted by Crippen LogP contribution is 2.30. The first-order valence-corrected chi connectivity index (χ1v) is 8.85. The molecule has 1 unspecified atom stereocenters. The van der Waals surface area contributed by atoms with Gasteiger partial charge in [0, 0.05) is 13.1 Å². The average molecular weight is 274 g/mol. The van der Waals surface area contributed by atoms with Gasteiger partial charge in [-0.15, -0.1) is 0 Å². The minimum absolute atomic E-state index is 0.365. The average Bonchev–Trinajstić information content (AvgIpc) is 2.27. The van der Waals surface area contributed by atoms with Crippen LogP contribution in [0.5, 0.6) is 0 Å². The van der Waals surface area contributed by atoms with E-state index < -0.39 is 10.0 Å². The number of nitrogens with zero attached hydrogens (tertiary/aromatic N) is 1. The molecule has 1 atom stereocenters. The molecule has 0 aromatic rings. The fourth-order valence-electron chi connectivity index (χ4n) is 2.96. The largest absolute Gasteiger partial charge is 0.319 e. The van der Waals surface area contributed by atoms with E-state index in [1.807, 2.05) is 7.05 Å². The Bertz CT molecular complexity index is 350. The van der Waals surface area contributed by atoms with Crippen LogP contribution in [-0.2, 0) is 10.0 Å². The lowest BCUT2D eigenvalue weighted by Crippen LogP contribution is -2.43. The molecule has 0 bridgehead atoms. The van der Waals surface area contributed by atoms with Crippen LogP contribution in [-0.4, -0.2) is 45.2 Å². The van der Waals surface area contributed by atoms with E-state index in [2.05, 4.69) is 5.32 Å². The van der Waals surface area contributed by atoms with Gasteiger partial charge in [0.2, 0.25) is 10.0 Å². The van der Waals surface area contributed by atoms with Crippen molar-refractivity contribution in [1.82, 2.24) is 9.62 Å². The van der Waals surface area contributed by atoms with E-state index in [4.69, 9.17) is 0 Å². The van der Waals surface area contributed by atoms with Gasteiger partial charge in [-0.2, -0.15) is 0 Å². The first kappa shape index (κ1) is 14.3. The summed E-state index contributed by atoms with van der Waals surface area (Å²) in [4.78, 5) is 0. The molecule has 1 N–H and O–H groups in total. The van der Waals surface area contributed by atoms with Gasteiger partial charge >= 0.3 is 0 Å². The summed E-state index contributed by atoms with van der Waals surface area (Å²) in [5.74, 6) is 1.53. The van der Waals surface area contributed by atoms with Crippen molar-refractivity contribution in [3.05, 3.63) is 0 Å². The van der Waals surface area contributed by atoms with E-state index in [1.54, 1.807) is 4.31 Å². The first-order chi connectivity index (χ1) is 8.62. The number of nitrogens with one attached hydrogen (secondary N) is 1. The van der Waals surface area contributed by atoms with Crippen molar-refractivity contribution in [3.63, 3.8) is 0 Å². The predicted molar refractivity (Wildman–Crippen MR) is 74.0 cm³/mol. The van der Waals surface area contributed by atoms with E-state index in [-0.39, 0.29) is 0 Å². The molecule has 1 saturated carbocycles. The van der Waals surface area contributed by atoms with Gasteiger partial charge in [0.25, 0.3) is 0 Å². The lowest BCUT2D eigenvalue weighted by atomic mass is 9.84. The van der Waals surface area contributed by atoms with Crippen LogP contribution in [0.25, 0.3) is 0 Å². The summed E-state index contributed by atoms with van der Waals surface area (Å²) < 4.78 is 26.3. The van der Waals surface area contributed by atoms with Gasteiger partial charge < -0.3 is 5.32 Å². The molecule has 0 spiro atoms. The highest BCUT2D eigenvalue weighted by molar-refractivity contribution is 7.89. The fourth-order valence-corrected chi connectivity index (χ4v) is 4.70. The summed E-state index contributed by atoms with van der Waals surface area (Å²) in [6.07, 6.45) is 6.79. The minimum atomic E-state index is -3.00. The van der Waals surface area contributed by atoms with Crippen LogP contribution in [0, 0.1) is 11.8 Å². The molecule has 2 rings (SSSR count). The maximum absolute atomic E-state index is 12.3. The summed E-state index contributed by atoms with van der Waals surface area (Å²) in [5, 5.41) is 3.16.